The van der Waals surface area contributed by atoms with Crippen molar-refractivity contribution in [1.29, 1.82) is 0 Å². The van der Waals surface area contributed by atoms with E-state index in [9.17, 15) is 8.42 Å². The summed E-state index contributed by atoms with van der Waals surface area (Å²) in [5, 5.41) is 10.0. The average Bonchev–Trinajstić information content (AvgIpc) is 2.81. The largest absolute Gasteiger partial charge is 0.313 e. The Bertz CT molecular complexity index is 543. The van der Waals surface area contributed by atoms with Crippen LogP contribution in [0.3, 0.4) is 0 Å². The van der Waals surface area contributed by atoms with Crippen molar-refractivity contribution in [3.8, 4) is 0 Å². The van der Waals surface area contributed by atoms with Crippen molar-refractivity contribution in [3.05, 3.63) is 11.8 Å². The van der Waals surface area contributed by atoms with E-state index < -0.39 is 10.0 Å². The van der Waals surface area contributed by atoms with Crippen molar-refractivity contribution in [2.45, 2.75) is 31.3 Å². The van der Waals surface area contributed by atoms with E-state index in [1.54, 1.807) is 10.5 Å². The molecule has 0 bridgehead atoms. The molecule has 0 radical (unpaired) electrons. The Hall–Kier alpha value is -0.960. The van der Waals surface area contributed by atoms with Crippen LogP contribution < -0.4 is 5.32 Å². The van der Waals surface area contributed by atoms with Crippen molar-refractivity contribution in [1.82, 2.24) is 24.7 Å². The summed E-state index contributed by atoms with van der Waals surface area (Å²) in [7, 11) is -1.46. The van der Waals surface area contributed by atoms with Crippen LogP contribution in [0, 0.1) is 0 Å². The summed E-state index contributed by atoms with van der Waals surface area (Å²) in [6.45, 7) is 6.24. The zero-order valence-corrected chi connectivity index (χ0v) is 13.6. The predicted octanol–water partition coefficient (Wildman–Crippen LogP) is 0.236. The molecule has 120 valence electrons. The zero-order chi connectivity index (χ0) is 15.3. The number of aromatic amines is 1. The van der Waals surface area contributed by atoms with E-state index in [4.69, 9.17) is 0 Å². The highest BCUT2D eigenvalue weighted by Gasteiger charge is 2.29. The SMILES string of the molecule is CCCNCc1cn[nH]c1S(=O)(=O)N1CCCN(C)CC1. The van der Waals surface area contributed by atoms with Gasteiger partial charge in [-0.1, -0.05) is 6.92 Å². The summed E-state index contributed by atoms with van der Waals surface area (Å²) in [6, 6.07) is 0. The summed E-state index contributed by atoms with van der Waals surface area (Å²) < 4.78 is 27.1. The third kappa shape index (κ3) is 4.03. The Morgan fingerprint density at radius 1 is 1.33 bits per heavy atom. The van der Waals surface area contributed by atoms with Gasteiger partial charge in [0.2, 0.25) is 0 Å². The summed E-state index contributed by atoms with van der Waals surface area (Å²) in [6.07, 6.45) is 3.46. The number of sulfonamides is 1. The van der Waals surface area contributed by atoms with Crippen LogP contribution >= 0.6 is 0 Å². The molecule has 0 aliphatic carbocycles. The molecular formula is C13H25N5O2S. The molecule has 2 heterocycles. The zero-order valence-electron chi connectivity index (χ0n) is 12.8. The van der Waals surface area contributed by atoms with E-state index in [2.05, 4.69) is 27.3 Å². The van der Waals surface area contributed by atoms with Gasteiger partial charge in [0.15, 0.2) is 5.03 Å². The molecule has 0 aromatic carbocycles. The Labute approximate surface area is 126 Å². The van der Waals surface area contributed by atoms with Crippen molar-refractivity contribution in [2.75, 3.05) is 39.8 Å². The normalized spacial score (nSPS) is 18.8. The molecule has 1 fully saturated rings. The lowest BCUT2D eigenvalue weighted by atomic mass is 10.3. The van der Waals surface area contributed by atoms with Crippen LogP contribution in [-0.4, -0.2) is 67.6 Å². The summed E-state index contributed by atoms with van der Waals surface area (Å²) in [4.78, 5) is 2.16. The van der Waals surface area contributed by atoms with Crippen molar-refractivity contribution in [3.63, 3.8) is 0 Å². The second kappa shape index (κ2) is 7.35. The molecule has 2 rings (SSSR count). The maximum absolute atomic E-state index is 12.8. The first-order valence-electron chi connectivity index (χ1n) is 7.47. The van der Waals surface area contributed by atoms with Crippen LogP contribution in [0.2, 0.25) is 0 Å². The molecule has 2 N–H and O–H groups in total. The number of nitrogens with zero attached hydrogens (tertiary/aromatic N) is 3. The fourth-order valence-corrected chi connectivity index (χ4v) is 4.01. The number of likely N-dealkylation sites (N-methyl/N-ethyl adjacent to an activating group) is 1. The number of hydrogen-bond donors (Lipinski definition) is 2. The summed E-state index contributed by atoms with van der Waals surface area (Å²) in [5.74, 6) is 0. The first-order chi connectivity index (χ1) is 10.1. The number of aromatic nitrogens is 2. The van der Waals surface area contributed by atoms with E-state index in [0.717, 1.165) is 32.5 Å². The highest BCUT2D eigenvalue weighted by Crippen LogP contribution is 2.19. The first-order valence-corrected chi connectivity index (χ1v) is 8.91. The Morgan fingerprint density at radius 2 is 2.14 bits per heavy atom. The van der Waals surface area contributed by atoms with Crippen molar-refractivity contribution >= 4 is 10.0 Å². The molecule has 1 saturated heterocycles. The van der Waals surface area contributed by atoms with Gasteiger partial charge in [0.25, 0.3) is 10.0 Å². The molecule has 0 saturated carbocycles. The minimum Gasteiger partial charge on any atom is -0.313 e. The number of hydrogen-bond acceptors (Lipinski definition) is 5. The van der Waals surface area contributed by atoms with Crippen LogP contribution in [0.15, 0.2) is 11.2 Å². The van der Waals surface area contributed by atoms with Gasteiger partial charge in [0.1, 0.15) is 0 Å². The fraction of sp³-hybridized carbons (Fsp3) is 0.769. The van der Waals surface area contributed by atoms with Gasteiger partial charge >= 0.3 is 0 Å². The van der Waals surface area contributed by atoms with E-state index in [1.807, 2.05) is 7.05 Å². The van der Waals surface area contributed by atoms with Crippen molar-refractivity contribution < 1.29 is 8.42 Å². The Kier molecular flexibility index (Phi) is 5.74. The molecule has 1 aromatic heterocycles. The monoisotopic (exact) mass is 315 g/mol. The lowest BCUT2D eigenvalue weighted by molar-refractivity contribution is 0.347. The van der Waals surface area contributed by atoms with Gasteiger partial charge in [-0.2, -0.15) is 9.40 Å². The van der Waals surface area contributed by atoms with Crippen LogP contribution in [0.4, 0.5) is 0 Å². The van der Waals surface area contributed by atoms with Crippen LogP contribution in [0.1, 0.15) is 25.3 Å². The topological polar surface area (TPSA) is 81.3 Å². The average molecular weight is 315 g/mol. The summed E-state index contributed by atoms with van der Waals surface area (Å²) in [5.41, 5.74) is 0.709. The van der Waals surface area contributed by atoms with Gasteiger partial charge in [-0.3, -0.25) is 5.10 Å². The van der Waals surface area contributed by atoms with Crippen LogP contribution in [0.5, 0.6) is 0 Å². The van der Waals surface area contributed by atoms with E-state index in [0.29, 0.717) is 25.2 Å². The smallest absolute Gasteiger partial charge is 0.260 e. The molecule has 1 aromatic rings. The maximum atomic E-state index is 12.8. The van der Waals surface area contributed by atoms with Gasteiger partial charge in [0.05, 0.1) is 6.20 Å². The van der Waals surface area contributed by atoms with Gasteiger partial charge < -0.3 is 10.2 Å². The Morgan fingerprint density at radius 3 is 2.90 bits per heavy atom. The molecule has 0 atom stereocenters. The molecule has 0 spiro atoms. The minimum absolute atomic E-state index is 0.232. The Balaban J connectivity index is 2.13. The second-order valence-electron chi connectivity index (χ2n) is 5.46. The van der Waals surface area contributed by atoms with Crippen molar-refractivity contribution in [2.24, 2.45) is 0 Å². The predicted molar refractivity (Wildman–Crippen MR) is 81.5 cm³/mol. The first kappa shape index (κ1) is 16.4. The molecule has 0 unspecified atom stereocenters. The highest BCUT2D eigenvalue weighted by molar-refractivity contribution is 7.89. The third-order valence-electron chi connectivity index (χ3n) is 3.70. The van der Waals surface area contributed by atoms with Crippen LogP contribution in [-0.2, 0) is 16.6 Å². The molecular weight excluding hydrogens is 290 g/mol. The fourth-order valence-electron chi connectivity index (χ4n) is 2.44. The van der Waals surface area contributed by atoms with Gasteiger partial charge in [-0.05, 0) is 33.0 Å². The highest BCUT2D eigenvalue weighted by atomic mass is 32.2. The standard InChI is InChI=1S/C13H25N5O2S/c1-3-5-14-10-12-11-15-16-13(12)21(19,20)18-7-4-6-17(2)8-9-18/h11,14H,3-10H2,1-2H3,(H,15,16). The molecule has 7 nitrogen and oxygen atoms in total. The van der Waals surface area contributed by atoms with E-state index in [-0.39, 0.29) is 5.03 Å². The second-order valence-corrected chi connectivity index (χ2v) is 7.34. The molecule has 21 heavy (non-hydrogen) atoms. The van der Waals surface area contributed by atoms with Gasteiger partial charge in [0, 0.05) is 31.7 Å². The number of rotatable bonds is 6. The lowest BCUT2D eigenvalue weighted by Crippen LogP contribution is -2.35. The third-order valence-corrected chi connectivity index (χ3v) is 5.61. The molecule has 0 amide bonds. The number of nitrogens with one attached hydrogen (secondary N) is 2. The quantitative estimate of drug-likeness (QED) is 0.735. The molecule has 1 aliphatic rings. The molecule has 8 heteroatoms. The molecule has 1 aliphatic heterocycles. The van der Waals surface area contributed by atoms with Gasteiger partial charge in [-0.25, -0.2) is 8.42 Å². The minimum atomic E-state index is -3.48. The van der Waals surface area contributed by atoms with E-state index in [1.165, 1.54) is 0 Å². The maximum Gasteiger partial charge on any atom is 0.260 e. The van der Waals surface area contributed by atoms with Crippen LogP contribution in [0.25, 0.3) is 0 Å². The van der Waals surface area contributed by atoms with Gasteiger partial charge in [-0.15, -0.1) is 0 Å². The lowest BCUT2D eigenvalue weighted by Gasteiger charge is -2.20. The number of H-pyrrole nitrogens is 1. The van der Waals surface area contributed by atoms with E-state index >= 15 is 0 Å². The summed E-state index contributed by atoms with van der Waals surface area (Å²) >= 11 is 0.